The minimum atomic E-state index is -0.372. The first kappa shape index (κ1) is 46.6. The molecule has 0 atom stereocenters. The minimum absolute atomic E-state index is 0.372. The summed E-state index contributed by atoms with van der Waals surface area (Å²) < 4.78 is 67.4. The molecule has 3 aromatic heterocycles. The Balaban J connectivity index is 0.890. The Bertz CT molecular complexity index is 5000. The van der Waals surface area contributed by atoms with Crippen molar-refractivity contribution in [1.82, 2.24) is 13.7 Å². The third-order valence-corrected chi connectivity index (χ3v) is 16.5. The lowest BCUT2D eigenvalue weighted by atomic mass is 9.86. The first-order valence-corrected chi connectivity index (χ1v) is 27.0. The molecule has 0 radical (unpaired) electrons. The second kappa shape index (κ2) is 18.0. The van der Waals surface area contributed by atoms with Crippen LogP contribution in [0.25, 0.3) is 149 Å². The summed E-state index contributed by atoms with van der Waals surface area (Å²) >= 11 is 0. The minimum Gasteiger partial charge on any atom is -0.309 e. The van der Waals surface area contributed by atoms with Crippen LogP contribution >= 0.6 is 0 Å². The van der Waals surface area contributed by atoms with Crippen LogP contribution in [0.2, 0.25) is 0 Å². The van der Waals surface area contributed by atoms with Gasteiger partial charge in [0.05, 0.1) is 44.5 Å². The van der Waals surface area contributed by atoms with Gasteiger partial charge in [0.25, 0.3) is 0 Å². The molecule has 0 aliphatic rings. The average molecular weight is 1050 g/mol. The molecule has 0 aliphatic heterocycles. The standard InChI is InChI=1S/C74H43F4N3/c75-50-28-36-69-61(42-50)59-40-48(26-34-67(59)80(69)71-20-10-8-18-63(71)77)46-24-32-65-57(38-46)58-39-47(49-27-35-68-60(41-49)62-43-51(76)29-37-70(62)81(68)72-21-11-9-19-64(72)78)25-33-66(58)79(65)52-30-22-45(23-31-52)74-55-16-6-4-14-53(55)73(44-12-2-1-3-13-44)54-15-5-7-17-56(54)74/h1-43H. The smallest absolute Gasteiger partial charge is 0.147 e. The topological polar surface area (TPSA) is 14.8 Å². The van der Waals surface area contributed by atoms with E-state index in [-0.39, 0.29) is 23.3 Å². The van der Waals surface area contributed by atoms with Gasteiger partial charge in [-0.25, -0.2) is 17.6 Å². The van der Waals surface area contributed by atoms with E-state index in [2.05, 4.69) is 168 Å². The van der Waals surface area contributed by atoms with Crippen LogP contribution in [0.15, 0.2) is 261 Å². The van der Waals surface area contributed by atoms with Crippen molar-refractivity contribution < 1.29 is 17.6 Å². The molecule has 16 rings (SSSR count). The van der Waals surface area contributed by atoms with E-state index in [0.29, 0.717) is 33.2 Å². The zero-order chi connectivity index (χ0) is 54.0. The molecule has 0 aliphatic carbocycles. The summed E-state index contributed by atoms with van der Waals surface area (Å²) in [6.07, 6.45) is 0. The molecule has 0 N–H and O–H groups in total. The molecule has 0 unspecified atom stereocenters. The molecule has 0 spiro atoms. The first-order valence-electron chi connectivity index (χ1n) is 27.0. The largest absolute Gasteiger partial charge is 0.309 e. The highest BCUT2D eigenvalue weighted by Crippen LogP contribution is 2.46. The van der Waals surface area contributed by atoms with Gasteiger partial charge in [0.1, 0.15) is 23.3 Å². The molecule has 3 heterocycles. The molecule has 13 aromatic carbocycles. The Morgan fingerprint density at radius 1 is 0.210 bits per heavy atom. The number of halogens is 4. The van der Waals surface area contributed by atoms with E-state index in [4.69, 9.17) is 0 Å². The predicted octanol–water partition coefficient (Wildman–Crippen LogP) is 20.5. The van der Waals surface area contributed by atoms with E-state index in [1.54, 1.807) is 48.5 Å². The van der Waals surface area contributed by atoms with Gasteiger partial charge in [-0.15, -0.1) is 0 Å². The summed E-state index contributed by atoms with van der Waals surface area (Å²) in [5.74, 6) is -1.49. The van der Waals surface area contributed by atoms with Crippen LogP contribution in [-0.4, -0.2) is 13.7 Å². The van der Waals surface area contributed by atoms with Crippen LogP contribution in [-0.2, 0) is 0 Å². The fourth-order valence-electron chi connectivity index (χ4n) is 12.9. The molecule has 16 aromatic rings. The Kier molecular flexibility index (Phi) is 10.4. The summed E-state index contributed by atoms with van der Waals surface area (Å²) in [4.78, 5) is 0. The highest BCUT2D eigenvalue weighted by molar-refractivity contribution is 6.22. The summed E-state index contributed by atoms with van der Waals surface area (Å²) in [7, 11) is 0. The van der Waals surface area contributed by atoms with E-state index in [1.165, 1.54) is 74.6 Å². The summed E-state index contributed by atoms with van der Waals surface area (Å²) in [5.41, 5.74) is 15.1. The summed E-state index contributed by atoms with van der Waals surface area (Å²) in [5, 5.41) is 9.76. The van der Waals surface area contributed by atoms with Crippen molar-refractivity contribution in [2.24, 2.45) is 0 Å². The van der Waals surface area contributed by atoms with Crippen molar-refractivity contribution in [3.63, 3.8) is 0 Å². The summed E-state index contributed by atoms with van der Waals surface area (Å²) in [6, 6.07) is 84.8. The Morgan fingerprint density at radius 2 is 0.506 bits per heavy atom. The molecule has 0 saturated carbocycles. The van der Waals surface area contributed by atoms with Gasteiger partial charge >= 0.3 is 0 Å². The number of fused-ring (bicyclic) bond motifs is 11. The number of benzene rings is 13. The Labute approximate surface area is 461 Å². The average Bonchev–Trinajstić information content (AvgIpc) is 4.30. The van der Waals surface area contributed by atoms with E-state index < -0.39 is 0 Å². The van der Waals surface area contributed by atoms with Crippen molar-refractivity contribution >= 4 is 87.0 Å². The third-order valence-electron chi connectivity index (χ3n) is 16.5. The van der Waals surface area contributed by atoms with E-state index in [0.717, 1.165) is 77.1 Å². The van der Waals surface area contributed by atoms with Gasteiger partial charge in [-0.2, -0.15) is 0 Å². The van der Waals surface area contributed by atoms with Gasteiger partial charge < -0.3 is 13.7 Å². The molecule has 81 heavy (non-hydrogen) atoms. The van der Waals surface area contributed by atoms with Gasteiger partial charge in [0, 0.05) is 38.0 Å². The van der Waals surface area contributed by atoms with Gasteiger partial charge in [-0.05, 0) is 187 Å². The monoisotopic (exact) mass is 1050 g/mol. The number of nitrogens with zero attached hydrogens (tertiary/aromatic N) is 3. The van der Waals surface area contributed by atoms with Gasteiger partial charge in [-0.3, -0.25) is 0 Å². The first-order chi connectivity index (χ1) is 39.8. The van der Waals surface area contributed by atoms with Gasteiger partial charge in [0.2, 0.25) is 0 Å². The SMILES string of the molecule is Fc1ccc2c(c1)c1cc(-c3ccc4c(c3)c3cc(-c5ccc6c(c5)c5cc(F)ccc5n6-c5ccccc5F)ccc3n4-c3ccc(-c4c5ccccc5c(-c5ccccc5)c5ccccc45)cc3)ccc1n2-c1ccccc1F. The quantitative estimate of drug-likeness (QED) is 0.112. The van der Waals surface area contributed by atoms with Crippen molar-refractivity contribution in [1.29, 1.82) is 0 Å². The maximum absolute atomic E-state index is 15.5. The number of hydrogen-bond acceptors (Lipinski definition) is 0. The van der Waals surface area contributed by atoms with Crippen LogP contribution in [0, 0.1) is 23.3 Å². The van der Waals surface area contributed by atoms with Crippen molar-refractivity contribution in [3.05, 3.63) is 284 Å². The molecular formula is C74H43F4N3. The lowest BCUT2D eigenvalue weighted by Crippen LogP contribution is -1.97. The number of rotatable bonds is 7. The van der Waals surface area contributed by atoms with E-state index in [1.807, 2.05) is 21.3 Å². The highest BCUT2D eigenvalue weighted by Gasteiger charge is 2.22. The Hall–Kier alpha value is -10.5. The number of aromatic nitrogens is 3. The zero-order valence-electron chi connectivity index (χ0n) is 43.2. The molecular weight excluding hydrogens is 1010 g/mol. The maximum Gasteiger partial charge on any atom is 0.147 e. The summed E-state index contributed by atoms with van der Waals surface area (Å²) in [6.45, 7) is 0. The highest BCUT2D eigenvalue weighted by atomic mass is 19.1. The van der Waals surface area contributed by atoms with Crippen molar-refractivity contribution in [3.8, 4) is 61.6 Å². The fraction of sp³-hybridized carbons (Fsp3) is 0. The van der Waals surface area contributed by atoms with Crippen LogP contribution in [0.5, 0.6) is 0 Å². The van der Waals surface area contributed by atoms with Crippen LogP contribution in [0.3, 0.4) is 0 Å². The molecule has 7 heteroatoms. The maximum atomic E-state index is 15.5. The molecule has 382 valence electrons. The molecule has 0 fully saturated rings. The Morgan fingerprint density at radius 3 is 0.889 bits per heavy atom. The third kappa shape index (κ3) is 7.21. The normalized spacial score (nSPS) is 12.0. The van der Waals surface area contributed by atoms with Crippen LogP contribution < -0.4 is 0 Å². The van der Waals surface area contributed by atoms with Crippen molar-refractivity contribution in [2.45, 2.75) is 0 Å². The molecule has 0 amide bonds. The lowest BCUT2D eigenvalue weighted by molar-refractivity contribution is 0.620. The van der Waals surface area contributed by atoms with Gasteiger partial charge in [-0.1, -0.05) is 140 Å². The fourth-order valence-corrected chi connectivity index (χ4v) is 12.9. The molecule has 0 bridgehead atoms. The zero-order valence-corrected chi connectivity index (χ0v) is 43.2. The van der Waals surface area contributed by atoms with Crippen molar-refractivity contribution in [2.75, 3.05) is 0 Å². The van der Waals surface area contributed by atoms with Crippen LogP contribution in [0.1, 0.15) is 0 Å². The number of para-hydroxylation sites is 2. The number of hydrogen-bond donors (Lipinski definition) is 0. The van der Waals surface area contributed by atoms with E-state index >= 15 is 17.6 Å². The lowest BCUT2D eigenvalue weighted by Gasteiger charge is -2.18. The predicted molar refractivity (Wildman–Crippen MR) is 326 cm³/mol. The molecule has 0 saturated heterocycles. The second-order valence-electron chi connectivity index (χ2n) is 20.9. The van der Waals surface area contributed by atoms with Gasteiger partial charge in [0.15, 0.2) is 0 Å². The molecule has 3 nitrogen and oxygen atoms in total. The second-order valence-corrected chi connectivity index (χ2v) is 20.9. The van der Waals surface area contributed by atoms with E-state index in [9.17, 15) is 0 Å². The van der Waals surface area contributed by atoms with Crippen LogP contribution in [0.4, 0.5) is 17.6 Å².